The van der Waals surface area contributed by atoms with Crippen LogP contribution in [0, 0.1) is 13.8 Å². The average Bonchev–Trinajstić information content (AvgIpc) is 2.71. The van der Waals surface area contributed by atoms with E-state index in [2.05, 4.69) is 5.32 Å². The number of carbonyl (C=O) groups is 1. The molecule has 2 aromatic carbocycles. The molecule has 0 spiro atoms. The van der Waals surface area contributed by atoms with Crippen molar-refractivity contribution in [2.24, 2.45) is 0 Å². The van der Waals surface area contributed by atoms with E-state index >= 15 is 0 Å². The Kier molecular flexibility index (Phi) is 7.44. The number of aryl methyl sites for hydroxylation is 1. The first-order valence-electron chi connectivity index (χ1n) is 9.74. The molecule has 0 saturated heterocycles. The van der Waals surface area contributed by atoms with Crippen molar-refractivity contribution in [3.63, 3.8) is 0 Å². The molecule has 0 aliphatic rings. The Morgan fingerprint density at radius 3 is 2.13 bits per heavy atom. The summed E-state index contributed by atoms with van der Waals surface area (Å²) in [5.41, 5.74) is 1.76. The molecule has 1 N–H and O–H groups in total. The van der Waals surface area contributed by atoms with Crippen LogP contribution in [0.3, 0.4) is 0 Å². The molecule has 2 aromatic rings. The third kappa shape index (κ3) is 4.74. The van der Waals surface area contributed by atoms with Gasteiger partial charge < -0.3 is 5.32 Å². The van der Waals surface area contributed by atoms with E-state index in [9.17, 15) is 21.6 Å². The van der Waals surface area contributed by atoms with Crippen LogP contribution in [-0.4, -0.2) is 45.9 Å². The highest BCUT2D eigenvalue weighted by atomic mass is 32.2. The monoisotopic (exact) mass is 452 g/mol. The summed E-state index contributed by atoms with van der Waals surface area (Å²) in [6.45, 7) is 9.23. The van der Waals surface area contributed by atoms with Crippen molar-refractivity contribution in [1.29, 1.82) is 0 Å². The fourth-order valence-electron chi connectivity index (χ4n) is 3.09. The van der Waals surface area contributed by atoms with Crippen molar-refractivity contribution in [1.82, 2.24) is 4.31 Å². The summed E-state index contributed by atoms with van der Waals surface area (Å²) in [4.78, 5) is 13.0. The summed E-state index contributed by atoms with van der Waals surface area (Å²) in [5, 5.41) is 2.71. The van der Waals surface area contributed by atoms with Crippen LogP contribution in [0.4, 0.5) is 5.69 Å². The quantitative estimate of drug-likeness (QED) is 0.662. The molecule has 0 bridgehead atoms. The summed E-state index contributed by atoms with van der Waals surface area (Å²) >= 11 is 0. The number of sulfone groups is 1. The lowest BCUT2D eigenvalue weighted by Crippen LogP contribution is -2.30. The first-order valence-corrected chi connectivity index (χ1v) is 12.8. The standard InChI is InChI=1S/C21H28N2O5S2/c1-6-23(7-2)30(27,28)17-13-15(4)16(5)19(14-17)22-21(24)18-11-9-10-12-20(18)29(25,26)8-3/h9-14H,6-8H2,1-5H3,(H,22,24). The Hall–Kier alpha value is -2.23. The minimum atomic E-state index is -3.71. The third-order valence-corrected chi connectivity index (χ3v) is 8.89. The lowest BCUT2D eigenvalue weighted by Gasteiger charge is -2.20. The normalized spacial score (nSPS) is 12.2. The maximum Gasteiger partial charge on any atom is 0.256 e. The largest absolute Gasteiger partial charge is 0.322 e. The molecule has 0 aliphatic carbocycles. The van der Waals surface area contributed by atoms with E-state index in [1.165, 1.54) is 29.4 Å². The zero-order chi connectivity index (χ0) is 22.7. The molecule has 0 heterocycles. The van der Waals surface area contributed by atoms with E-state index in [-0.39, 0.29) is 21.1 Å². The first kappa shape index (κ1) is 24.0. The molecule has 0 radical (unpaired) electrons. The Bertz CT molecular complexity index is 1150. The van der Waals surface area contributed by atoms with E-state index in [1.807, 2.05) is 0 Å². The smallest absolute Gasteiger partial charge is 0.256 e. The van der Waals surface area contributed by atoms with Gasteiger partial charge >= 0.3 is 0 Å². The number of sulfonamides is 1. The zero-order valence-corrected chi connectivity index (χ0v) is 19.5. The van der Waals surface area contributed by atoms with E-state index < -0.39 is 25.8 Å². The summed E-state index contributed by atoms with van der Waals surface area (Å²) in [5.74, 6) is -0.741. The molecule has 0 atom stereocenters. The highest BCUT2D eigenvalue weighted by molar-refractivity contribution is 7.91. The fraction of sp³-hybridized carbons (Fsp3) is 0.381. The molecule has 0 fully saturated rings. The van der Waals surface area contributed by atoms with Crippen molar-refractivity contribution in [3.8, 4) is 0 Å². The molecule has 1 amide bonds. The van der Waals surface area contributed by atoms with Gasteiger partial charge in [0.2, 0.25) is 10.0 Å². The molecule has 0 unspecified atom stereocenters. The molecule has 0 aromatic heterocycles. The lowest BCUT2D eigenvalue weighted by atomic mass is 10.1. The first-order chi connectivity index (χ1) is 14.0. The number of amides is 1. The number of hydrogen-bond acceptors (Lipinski definition) is 5. The summed E-state index contributed by atoms with van der Waals surface area (Å²) in [6.07, 6.45) is 0. The molecular weight excluding hydrogens is 424 g/mol. The number of anilines is 1. The molecule has 164 valence electrons. The lowest BCUT2D eigenvalue weighted by molar-refractivity contribution is 0.102. The maximum absolute atomic E-state index is 12.9. The Balaban J connectivity index is 2.53. The van der Waals surface area contributed by atoms with Gasteiger partial charge in [-0.25, -0.2) is 16.8 Å². The van der Waals surface area contributed by atoms with Crippen molar-refractivity contribution in [2.75, 3.05) is 24.2 Å². The van der Waals surface area contributed by atoms with Crippen LogP contribution < -0.4 is 5.32 Å². The van der Waals surface area contributed by atoms with Gasteiger partial charge in [0.1, 0.15) is 0 Å². The van der Waals surface area contributed by atoms with Crippen LogP contribution in [-0.2, 0) is 19.9 Å². The van der Waals surface area contributed by atoms with E-state index in [1.54, 1.807) is 45.9 Å². The van der Waals surface area contributed by atoms with Gasteiger partial charge in [0.05, 0.1) is 21.1 Å². The van der Waals surface area contributed by atoms with Crippen LogP contribution in [0.1, 0.15) is 42.3 Å². The van der Waals surface area contributed by atoms with Crippen molar-refractivity contribution >= 4 is 31.5 Å². The zero-order valence-electron chi connectivity index (χ0n) is 17.9. The van der Waals surface area contributed by atoms with Gasteiger partial charge in [-0.3, -0.25) is 4.79 Å². The van der Waals surface area contributed by atoms with Gasteiger partial charge in [-0.05, 0) is 49.2 Å². The van der Waals surface area contributed by atoms with Crippen LogP contribution in [0.25, 0.3) is 0 Å². The van der Waals surface area contributed by atoms with Crippen molar-refractivity contribution in [2.45, 2.75) is 44.4 Å². The summed E-state index contributed by atoms with van der Waals surface area (Å²) in [6, 6.07) is 8.98. The van der Waals surface area contributed by atoms with Gasteiger partial charge in [0.15, 0.2) is 9.84 Å². The van der Waals surface area contributed by atoms with Gasteiger partial charge in [-0.2, -0.15) is 4.31 Å². The highest BCUT2D eigenvalue weighted by Crippen LogP contribution is 2.27. The van der Waals surface area contributed by atoms with Crippen molar-refractivity contribution < 1.29 is 21.6 Å². The minimum absolute atomic E-state index is 0.0217. The van der Waals surface area contributed by atoms with Gasteiger partial charge in [0.25, 0.3) is 5.91 Å². The SMILES string of the molecule is CCN(CC)S(=O)(=O)c1cc(C)c(C)c(NC(=O)c2ccccc2S(=O)(=O)CC)c1. The second-order valence-electron chi connectivity index (χ2n) is 6.86. The number of hydrogen-bond donors (Lipinski definition) is 1. The predicted octanol–water partition coefficient (Wildman–Crippen LogP) is 3.38. The predicted molar refractivity (Wildman–Crippen MR) is 118 cm³/mol. The number of benzene rings is 2. The van der Waals surface area contributed by atoms with E-state index in [4.69, 9.17) is 0 Å². The summed E-state index contributed by atoms with van der Waals surface area (Å²) in [7, 11) is -7.31. The molecule has 9 heteroatoms. The number of nitrogens with zero attached hydrogens (tertiary/aromatic N) is 1. The van der Waals surface area contributed by atoms with Crippen LogP contribution >= 0.6 is 0 Å². The maximum atomic E-state index is 12.9. The van der Waals surface area contributed by atoms with Crippen LogP contribution in [0.5, 0.6) is 0 Å². The average molecular weight is 453 g/mol. The number of nitrogens with one attached hydrogen (secondary N) is 1. The van der Waals surface area contributed by atoms with Crippen molar-refractivity contribution in [3.05, 3.63) is 53.1 Å². The Morgan fingerprint density at radius 1 is 0.967 bits per heavy atom. The van der Waals surface area contributed by atoms with Crippen LogP contribution in [0.2, 0.25) is 0 Å². The van der Waals surface area contributed by atoms with Gasteiger partial charge in [0, 0.05) is 18.8 Å². The third-order valence-electron chi connectivity index (χ3n) is 5.08. The fourth-order valence-corrected chi connectivity index (χ4v) is 5.75. The Morgan fingerprint density at radius 2 is 1.57 bits per heavy atom. The molecular formula is C21H28N2O5S2. The molecule has 2 rings (SSSR count). The van der Waals surface area contributed by atoms with Gasteiger partial charge in [-0.1, -0.05) is 32.9 Å². The second-order valence-corrected chi connectivity index (χ2v) is 11.0. The molecule has 7 nitrogen and oxygen atoms in total. The second kappa shape index (κ2) is 9.28. The van der Waals surface area contributed by atoms with E-state index in [0.717, 1.165) is 0 Å². The number of carbonyl (C=O) groups excluding carboxylic acids is 1. The van der Waals surface area contributed by atoms with Gasteiger partial charge in [-0.15, -0.1) is 0 Å². The molecule has 0 aliphatic heterocycles. The number of rotatable bonds is 8. The minimum Gasteiger partial charge on any atom is -0.322 e. The molecule has 30 heavy (non-hydrogen) atoms. The Labute approximate surface area is 179 Å². The van der Waals surface area contributed by atoms with Crippen LogP contribution in [0.15, 0.2) is 46.2 Å². The van der Waals surface area contributed by atoms with E-state index in [0.29, 0.717) is 29.9 Å². The highest BCUT2D eigenvalue weighted by Gasteiger charge is 2.25. The topological polar surface area (TPSA) is 101 Å². The molecule has 0 saturated carbocycles. The summed E-state index contributed by atoms with van der Waals surface area (Å²) < 4.78 is 51.9.